The summed E-state index contributed by atoms with van der Waals surface area (Å²) in [6, 6.07) is 27.5. The molecule has 0 fully saturated rings. The Morgan fingerprint density at radius 2 is 1.58 bits per heavy atom. The number of amides is 1. The highest BCUT2D eigenvalue weighted by atomic mass is 16.5. The SMILES string of the molecule is COc1ccc(C2=CC(c3cn(-c4ccccc4)nc3-c3ccccc3)N(C(C)=O)N2)cc1. The molecule has 0 saturated heterocycles. The lowest BCUT2D eigenvalue weighted by molar-refractivity contribution is -0.132. The second-order valence-electron chi connectivity index (χ2n) is 7.83. The van der Waals surface area contributed by atoms with E-state index in [1.165, 1.54) is 0 Å². The number of aromatic nitrogens is 2. The Kier molecular flexibility index (Phi) is 5.40. The maximum atomic E-state index is 12.6. The highest BCUT2D eigenvalue weighted by Gasteiger charge is 2.32. The smallest absolute Gasteiger partial charge is 0.238 e. The van der Waals surface area contributed by atoms with Crippen molar-refractivity contribution in [3.8, 4) is 22.7 Å². The van der Waals surface area contributed by atoms with Gasteiger partial charge in [0.15, 0.2) is 0 Å². The van der Waals surface area contributed by atoms with Gasteiger partial charge in [0, 0.05) is 24.2 Å². The minimum atomic E-state index is -0.313. The number of hydrogen-bond donors (Lipinski definition) is 1. The van der Waals surface area contributed by atoms with Crippen LogP contribution in [0.1, 0.15) is 24.1 Å². The number of para-hydroxylation sites is 1. The molecule has 0 aliphatic carbocycles. The third-order valence-electron chi connectivity index (χ3n) is 5.71. The number of methoxy groups -OCH3 is 1. The van der Waals surface area contributed by atoms with Crippen molar-refractivity contribution in [1.82, 2.24) is 20.2 Å². The number of carbonyl (C=O) groups excluding carboxylic acids is 1. The summed E-state index contributed by atoms with van der Waals surface area (Å²) in [4.78, 5) is 12.6. The van der Waals surface area contributed by atoms with E-state index >= 15 is 0 Å². The van der Waals surface area contributed by atoms with Crippen LogP contribution >= 0.6 is 0 Å². The molecule has 1 amide bonds. The molecule has 1 aromatic heterocycles. The van der Waals surface area contributed by atoms with Crippen molar-refractivity contribution in [1.29, 1.82) is 0 Å². The fourth-order valence-electron chi connectivity index (χ4n) is 4.04. The van der Waals surface area contributed by atoms with Crippen LogP contribution in [0, 0.1) is 0 Å². The summed E-state index contributed by atoms with van der Waals surface area (Å²) in [6.07, 6.45) is 4.08. The predicted molar refractivity (Wildman–Crippen MR) is 128 cm³/mol. The van der Waals surface area contributed by atoms with Crippen molar-refractivity contribution in [2.75, 3.05) is 7.11 Å². The summed E-state index contributed by atoms with van der Waals surface area (Å²) in [6.45, 7) is 1.56. The van der Waals surface area contributed by atoms with Crippen molar-refractivity contribution >= 4 is 11.6 Å². The van der Waals surface area contributed by atoms with Crippen LogP contribution in [-0.2, 0) is 4.79 Å². The Morgan fingerprint density at radius 3 is 2.21 bits per heavy atom. The average Bonchev–Trinajstić information content (AvgIpc) is 3.50. The third kappa shape index (κ3) is 3.99. The van der Waals surface area contributed by atoms with Crippen LogP contribution in [0.25, 0.3) is 22.6 Å². The summed E-state index contributed by atoms with van der Waals surface area (Å²) < 4.78 is 7.15. The summed E-state index contributed by atoms with van der Waals surface area (Å²) in [7, 11) is 1.64. The largest absolute Gasteiger partial charge is 0.497 e. The zero-order valence-electron chi connectivity index (χ0n) is 18.5. The van der Waals surface area contributed by atoms with Gasteiger partial charge in [-0.05, 0) is 48.0 Å². The highest BCUT2D eigenvalue weighted by molar-refractivity contribution is 5.80. The maximum Gasteiger partial charge on any atom is 0.238 e. The molecule has 6 heteroatoms. The first-order valence-corrected chi connectivity index (χ1v) is 10.8. The van der Waals surface area contributed by atoms with Crippen LogP contribution in [0.3, 0.4) is 0 Å². The molecule has 1 unspecified atom stereocenters. The molecule has 1 aliphatic rings. The molecule has 6 nitrogen and oxygen atoms in total. The first kappa shape index (κ1) is 20.6. The number of rotatable bonds is 5. The van der Waals surface area contributed by atoms with Gasteiger partial charge in [-0.2, -0.15) is 5.10 Å². The lowest BCUT2D eigenvalue weighted by Crippen LogP contribution is -2.37. The number of benzene rings is 3. The zero-order chi connectivity index (χ0) is 22.8. The topological polar surface area (TPSA) is 59.4 Å². The zero-order valence-corrected chi connectivity index (χ0v) is 18.5. The second kappa shape index (κ2) is 8.67. The van der Waals surface area contributed by atoms with Crippen molar-refractivity contribution in [3.63, 3.8) is 0 Å². The fraction of sp³-hybridized carbons (Fsp3) is 0.111. The Labute approximate surface area is 192 Å². The van der Waals surface area contributed by atoms with Crippen LogP contribution in [0.4, 0.5) is 0 Å². The Hall–Kier alpha value is -4.32. The van der Waals surface area contributed by atoms with E-state index in [9.17, 15) is 4.79 Å². The molecule has 0 saturated carbocycles. The van der Waals surface area contributed by atoms with Crippen molar-refractivity contribution in [2.45, 2.75) is 13.0 Å². The molecule has 0 radical (unpaired) electrons. The predicted octanol–water partition coefficient (Wildman–Crippen LogP) is 5.00. The molecule has 3 aromatic carbocycles. The minimum Gasteiger partial charge on any atom is -0.497 e. The Bertz CT molecular complexity index is 1300. The van der Waals surface area contributed by atoms with E-state index in [1.807, 2.05) is 95.8 Å². The number of nitrogens with one attached hydrogen (secondary N) is 1. The van der Waals surface area contributed by atoms with E-state index in [-0.39, 0.29) is 11.9 Å². The van der Waals surface area contributed by atoms with Crippen molar-refractivity contribution < 1.29 is 9.53 Å². The monoisotopic (exact) mass is 436 g/mol. The van der Waals surface area contributed by atoms with E-state index < -0.39 is 0 Å². The van der Waals surface area contributed by atoms with E-state index in [2.05, 4.69) is 11.5 Å². The summed E-state index contributed by atoms with van der Waals surface area (Å²) in [5.74, 6) is 0.707. The highest BCUT2D eigenvalue weighted by Crippen LogP contribution is 2.37. The van der Waals surface area contributed by atoms with Gasteiger partial charge in [-0.15, -0.1) is 0 Å². The van der Waals surface area contributed by atoms with Crippen molar-refractivity contribution in [3.05, 3.63) is 108 Å². The van der Waals surface area contributed by atoms with Crippen LogP contribution in [0.5, 0.6) is 5.75 Å². The molecule has 33 heavy (non-hydrogen) atoms. The van der Waals surface area contributed by atoms with Gasteiger partial charge >= 0.3 is 0 Å². The van der Waals surface area contributed by atoms with Gasteiger partial charge in [-0.1, -0.05) is 48.5 Å². The summed E-state index contributed by atoms with van der Waals surface area (Å²) in [5, 5.41) is 6.57. The minimum absolute atomic E-state index is 0.0776. The standard InChI is InChI=1S/C27H24N4O2/c1-19(32)31-26(17-25(28-31)20-13-15-23(33-2)16-14-20)24-18-30(22-11-7-4-8-12-22)29-27(24)21-9-5-3-6-10-21/h3-18,26,28H,1-2H3. The molecule has 0 spiro atoms. The normalized spacial score (nSPS) is 15.2. The summed E-state index contributed by atoms with van der Waals surface area (Å²) >= 11 is 0. The second-order valence-corrected chi connectivity index (χ2v) is 7.83. The first-order chi connectivity index (χ1) is 16.1. The van der Waals surface area contributed by atoms with Crippen LogP contribution in [0.15, 0.2) is 97.2 Å². The average molecular weight is 437 g/mol. The number of hydrazine groups is 1. The molecule has 4 aromatic rings. The molecule has 164 valence electrons. The van der Waals surface area contributed by atoms with Crippen LogP contribution in [-0.4, -0.2) is 27.8 Å². The lowest BCUT2D eigenvalue weighted by atomic mass is 10.0. The number of ether oxygens (including phenoxy) is 1. The molecule has 0 bridgehead atoms. The van der Waals surface area contributed by atoms with Gasteiger partial charge < -0.3 is 4.74 Å². The quantitative estimate of drug-likeness (QED) is 0.479. The van der Waals surface area contributed by atoms with Gasteiger partial charge in [0.1, 0.15) is 11.8 Å². The van der Waals surface area contributed by atoms with Gasteiger partial charge in [0.2, 0.25) is 5.91 Å². The molecular weight excluding hydrogens is 412 g/mol. The molecule has 1 atom stereocenters. The van der Waals surface area contributed by atoms with Crippen LogP contribution < -0.4 is 10.2 Å². The van der Waals surface area contributed by atoms with Gasteiger partial charge in [-0.25, -0.2) is 9.69 Å². The molecular formula is C27H24N4O2. The molecule has 1 N–H and O–H groups in total. The molecule has 2 heterocycles. The van der Waals surface area contributed by atoms with Gasteiger partial charge in [0.05, 0.1) is 24.2 Å². The van der Waals surface area contributed by atoms with Crippen LogP contribution in [0.2, 0.25) is 0 Å². The van der Waals surface area contributed by atoms with E-state index in [0.29, 0.717) is 0 Å². The fourth-order valence-corrected chi connectivity index (χ4v) is 4.04. The number of hydrogen-bond acceptors (Lipinski definition) is 4. The lowest BCUT2D eigenvalue weighted by Gasteiger charge is -2.23. The van der Waals surface area contributed by atoms with Crippen molar-refractivity contribution in [2.24, 2.45) is 0 Å². The van der Waals surface area contributed by atoms with Gasteiger partial charge in [0.25, 0.3) is 0 Å². The Balaban J connectivity index is 1.62. The first-order valence-electron chi connectivity index (χ1n) is 10.8. The van der Waals surface area contributed by atoms with E-state index in [4.69, 9.17) is 9.84 Å². The number of nitrogens with zero attached hydrogens (tertiary/aromatic N) is 3. The van der Waals surface area contributed by atoms with E-state index in [0.717, 1.165) is 39.5 Å². The van der Waals surface area contributed by atoms with Gasteiger partial charge in [-0.3, -0.25) is 10.2 Å². The molecule has 5 rings (SSSR count). The summed E-state index contributed by atoms with van der Waals surface area (Å²) in [5.41, 5.74) is 8.86. The van der Waals surface area contributed by atoms with E-state index in [1.54, 1.807) is 19.0 Å². The third-order valence-corrected chi connectivity index (χ3v) is 5.71. The maximum absolute atomic E-state index is 12.6. The Morgan fingerprint density at radius 1 is 0.909 bits per heavy atom. The molecule has 1 aliphatic heterocycles. The number of carbonyl (C=O) groups is 1.